The zero-order valence-corrected chi connectivity index (χ0v) is 18.3. The number of hydrogen-bond acceptors (Lipinski definition) is 5. The molecule has 152 valence electrons. The Hall–Kier alpha value is -1.27. The molecule has 6 heteroatoms. The first-order valence-corrected chi connectivity index (χ1v) is 10.8. The maximum absolute atomic E-state index is 12.5. The Bertz CT molecular complexity index is 611. The van der Waals surface area contributed by atoms with E-state index in [1.54, 1.807) is 0 Å². The van der Waals surface area contributed by atoms with Crippen molar-refractivity contribution in [1.29, 1.82) is 0 Å². The van der Waals surface area contributed by atoms with E-state index in [0.29, 0.717) is 5.92 Å². The maximum Gasteiger partial charge on any atom is 0.410 e. The average molecular weight is 394 g/mol. The van der Waals surface area contributed by atoms with Gasteiger partial charge in [-0.05, 0) is 89.8 Å². The van der Waals surface area contributed by atoms with E-state index in [1.165, 1.54) is 43.2 Å². The van der Waals surface area contributed by atoms with Gasteiger partial charge < -0.3 is 9.64 Å². The van der Waals surface area contributed by atoms with E-state index in [0.717, 1.165) is 24.4 Å². The normalized spacial score (nSPS) is 19.3. The van der Waals surface area contributed by atoms with Crippen LogP contribution in [0.1, 0.15) is 72.3 Å². The van der Waals surface area contributed by atoms with Crippen LogP contribution in [0.5, 0.6) is 0 Å². The highest BCUT2D eigenvalue weighted by Gasteiger charge is 2.42. The molecular formula is C21H35N3O2S. The fourth-order valence-electron chi connectivity index (χ4n) is 3.79. The molecule has 0 spiro atoms. The number of hydrogen-bond donors (Lipinski definition) is 1. The first-order valence-electron chi connectivity index (χ1n) is 9.93. The molecule has 2 rings (SSSR count). The van der Waals surface area contributed by atoms with Crippen molar-refractivity contribution >= 4 is 18.0 Å². The van der Waals surface area contributed by atoms with E-state index in [9.17, 15) is 4.79 Å². The lowest BCUT2D eigenvalue weighted by atomic mass is 9.92. The van der Waals surface area contributed by atoms with Gasteiger partial charge in [0.2, 0.25) is 0 Å². The van der Waals surface area contributed by atoms with Gasteiger partial charge in [-0.1, -0.05) is 18.9 Å². The predicted molar refractivity (Wildman–Crippen MR) is 112 cm³/mol. The zero-order valence-electron chi connectivity index (χ0n) is 17.5. The lowest BCUT2D eigenvalue weighted by Crippen LogP contribution is -2.45. The zero-order chi connectivity index (χ0) is 20.1. The van der Waals surface area contributed by atoms with Crippen molar-refractivity contribution in [3.8, 4) is 0 Å². The van der Waals surface area contributed by atoms with Crippen LogP contribution in [0.25, 0.3) is 0 Å². The summed E-state index contributed by atoms with van der Waals surface area (Å²) in [5.74, 6) is 0.565. The molecule has 1 aliphatic rings. The van der Waals surface area contributed by atoms with Crippen LogP contribution in [0.3, 0.4) is 0 Å². The lowest BCUT2D eigenvalue weighted by molar-refractivity contribution is 0.0131. The first kappa shape index (κ1) is 22.0. The molecule has 2 heterocycles. The second kappa shape index (κ2) is 9.28. The fraction of sp³-hybridized carbons (Fsp3) is 0.714. The van der Waals surface area contributed by atoms with Crippen LogP contribution in [-0.4, -0.2) is 33.7 Å². The first-order chi connectivity index (χ1) is 12.6. The summed E-state index contributed by atoms with van der Waals surface area (Å²) in [5, 5.41) is 6.36. The smallest absolute Gasteiger partial charge is 0.410 e. The van der Waals surface area contributed by atoms with Gasteiger partial charge in [-0.25, -0.2) is 9.78 Å². The minimum absolute atomic E-state index is 0.124. The minimum atomic E-state index is -0.443. The SMILES string of the molecule is CC(C)(C)OC(=O)N1CC(CCCCCc2ccc(SN)nc2)CC1(C)C. The summed E-state index contributed by atoms with van der Waals surface area (Å²) in [4.78, 5) is 18.7. The van der Waals surface area contributed by atoms with Crippen molar-refractivity contribution in [2.45, 2.75) is 89.3 Å². The number of amides is 1. The van der Waals surface area contributed by atoms with Gasteiger partial charge in [-0.15, -0.1) is 0 Å². The second-order valence-corrected chi connectivity index (χ2v) is 9.85. The molecule has 1 aromatic rings. The van der Waals surface area contributed by atoms with Gasteiger partial charge in [0, 0.05) is 18.3 Å². The van der Waals surface area contributed by atoms with Gasteiger partial charge in [0.1, 0.15) is 10.6 Å². The van der Waals surface area contributed by atoms with Gasteiger partial charge in [-0.3, -0.25) is 5.14 Å². The van der Waals surface area contributed by atoms with Crippen LogP contribution in [0.15, 0.2) is 23.4 Å². The van der Waals surface area contributed by atoms with Gasteiger partial charge in [0.25, 0.3) is 0 Å². The molecule has 5 nitrogen and oxygen atoms in total. The standard InChI is InChI=1S/C21H35N3O2S/c1-20(2,3)26-19(25)24-15-17(13-21(24,4)5)10-8-6-7-9-16-11-12-18(27-22)23-14-16/h11-12,14,17H,6-10,13,15,22H2,1-5H3. The summed E-state index contributed by atoms with van der Waals surface area (Å²) in [5.41, 5.74) is 0.702. The Morgan fingerprint density at radius 1 is 1.33 bits per heavy atom. The predicted octanol–water partition coefficient (Wildman–Crippen LogP) is 5.19. The molecule has 1 aromatic heterocycles. The number of likely N-dealkylation sites (tertiary alicyclic amines) is 1. The molecule has 27 heavy (non-hydrogen) atoms. The molecule has 0 aromatic carbocycles. The van der Waals surface area contributed by atoms with Crippen LogP contribution in [0, 0.1) is 5.92 Å². The van der Waals surface area contributed by atoms with E-state index in [1.807, 2.05) is 37.9 Å². The molecule has 1 amide bonds. The number of carbonyl (C=O) groups excluding carboxylic acids is 1. The number of rotatable bonds is 7. The van der Waals surface area contributed by atoms with E-state index >= 15 is 0 Å². The highest BCUT2D eigenvalue weighted by molar-refractivity contribution is 7.97. The molecule has 1 unspecified atom stereocenters. The van der Waals surface area contributed by atoms with Gasteiger partial charge in [0.15, 0.2) is 0 Å². The summed E-state index contributed by atoms with van der Waals surface area (Å²) < 4.78 is 5.59. The maximum atomic E-state index is 12.5. The van der Waals surface area contributed by atoms with Crippen LogP contribution in [-0.2, 0) is 11.2 Å². The third kappa shape index (κ3) is 7.00. The summed E-state index contributed by atoms with van der Waals surface area (Å²) in [6.45, 7) is 10.9. The van der Waals surface area contributed by atoms with Crippen molar-refractivity contribution in [2.75, 3.05) is 6.54 Å². The number of pyridine rings is 1. The van der Waals surface area contributed by atoms with Crippen LogP contribution >= 0.6 is 11.9 Å². The molecule has 1 atom stereocenters. The highest BCUT2D eigenvalue weighted by atomic mass is 32.2. The number of nitrogens with zero attached hydrogens (tertiary/aromatic N) is 2. The number of nitrogens with two attached hydrogens (primary N) is 1. The van der Waals surface area contributed by atoms with E-state index in [-0.39, 0.29) is 11.6 Å². The minimum Gasteiger partial charge on any atom is -0.444 e. The van der Waals surface area contributed by atoms with Gasteiger partial charge in [-0.2, -0.15) is 0 Å². The Kier molecular flexibility index (Phi) is 7.57. The number of aromatic nitrogens is 1. The summed E-state index contributed by atoms with van der Waals surface area (Å²) in [6, 6.07) is 4.09. The molecule has 0 aliphatic carbocycles. The Morgan fingerprint density at radius 2 is 2.07 bits per heavy atom. The molecule has 1 fully saturated rings. The quantitative estimate of drug-likeness (QED) is 0.510. The Morgan fingerprint density at radius 3 is 2.67 bits per heavy atom. The van der Waals surface area contributed by atoms with Crippen molar-refractivity contribution in [2.24, 2.45) is 11.1 Å². The second-order valence-electron chi connectivity index (χ2n) is 9.20. The molecular weight excluding hydrogens is 358 g/mol. The van der Waals surface area contributed by atoms with Crippen molar-refractivity contribution in [1.82, 2.24) is 9.88 Å². The molecule has 0 bridgehead atoms. The molecule has 1 aliphatic heterocycles. The molecule has 2 N–H and O–H groups in total. The molecule has 0 saturated carbocycles. The summed E-state index contributed by atoms with van der Waals surface area (Å²) >= 11 is 1.18. The van der Waals surface area contributed by atoms with E-state index in [4.69, 9.17) is 9.88 Å². The van der Waals surface area contributed by atoms with Gasteiger partial charge >= 0.3 is 6.09 Å². The van der Waals surface area contributed by atoms with E-state index in [2.05, 4.69) is 24.9 Å². The molecule has 0 radical (unpaired) electrons. The number of ether oxygens (including phenoxy) is 1. The van der Waals surface area contributed by atoms with Crippen LogP contribution < -0.4 is 5.14 Å². The lowest BCUT2D eigenvalue weighted by Gasteiger charge is -2.33. The summed E-state index contributed by atoms with van der Waals surface area (Å²) in [7, 11) is 0. The third-order valence-electron chi connectivity index (χ3n) is 5.07. The van der Waals surface area contributed by atoms with Crippen molar-refractivity contribution < 1.29 is 9.53 Å². The Balaban J connectivity index is 1.71. The number of unbranched alkanes of at least 4 members (excludes halogenated alkanes) is 2. The largest absolute Gasteiger partial charge is 0.444 e. The van der Waals surface area contributed by atoms with Crippen molar-refractivity contribution in [3.63, 3.8) is 0 Å². The highest BCUT2D eigenvalue weighted by Crippen LogP contribution is 2.36. The molecule has 1 saturated heterocycles. The van der Waals surface area contributed by atoms with Crippen LogP contribution in [0.2, 0.25) is 0 Å². The monoisotopic (exact) mass is 393 g/mol. The average Bonchev–Trinajstić information content (AvgIpc) is 2.88. The third-order valence-corrected chi connectivity index (χ3v) is 5.55. The Labute approximate surface area is 168 Å². The fourth-order valence-corrected chi connectivity index (χ4v) is 4.05. The van der Waals surface area contributed by atoms with Gasteiger partial charge in [0.05, 0.1) is 0 Å². The van der Waals surface area contributed by atoms with E-state index < -0.39 is 5.60 Å². The summed E-state index contributed by atoms with van der Waals surface area (Å²) in [6.07, 6.45) is 8.60. The van der Waals surface area contributed by atoms with Crippen molar-refractivity contribution in [3.05, 3.63) is 23.9 Å². The topological polar surface area (TPSA) is 68.5 Å². The van der Waals surface area contributed by atoms with Crippen LogP contribution in [0.4, 0.5) is 4.79 Å². The number of carbonyl (C=O) groups is 1. The number of aryl methyl sites for hydroxylation is 1.